The number of nitrogens with zero attached hydrogens (tertiary/aromatic N) is 1. The average Bonchev–Trinajstić information content (AvgIpc) is 1.98. The molecule has 0 aromatic carbocycles. The van der Waals surface area contributed by atoms with Crippen LogP contribution >= 0.6 is 0 Å². The second-order valence-electron chi connectivity index (χ2n) is 3.09. The summed E-state index contributed by atoms with van der Waals surface area (Å²) in [5.41, 5.74) is 0. The molecule has 0 aliphatic heterocycles. The Kier molecular flexibility index (Phi) is 6.42. The van der Waals surface area contributed by atoms with Gasteiger partial charge in [-0.05, 0) is 18.8 Å². The summed E-state index contributed by atoms with van der Waals surface area (Å²) < 4.78 is 0. The predicted octanol–water partition coefficient (Wildman–Crippen LogP) is 2.41. The summed E-state index contributed by atoms with van der Waals surface area (Å²) in [6.07, 6.45) is 4.17. The van der Waals surface area contributed by atoms with Gasteiger partial charge in [-0.2, -0.15) is 0 Å². The van der Waals surface area contributed by atoms with Crippen molar-refractivity contribution >= 4 is 0 Å². The maximum Gasteiger partial charge on any atom is 0.294 e. The van der Waals surface area contributed by atoms with Crippen LogP contribution in [0.2, 0.25) is 0 Å². The summed E-state index contributed by atoms with van der Waals surface area (Å²) in [6.45, 7) is 4.54. The first-order valence-electron chi connectivity index (χ1n) is 4.44. The fourth-order valence-corrected chi connectivity index (χ4v) is 1.21. The Morgan fingerprint density at radius 3 is 2.67 bits per heavy atom. The molecule has 0 aliphatic rings. The molecule has 0 radical (unpaired) electrons. The highest BCUT2D eigenvalue weighted by Crippen LogP contribution is 2.11. The Hall–Kier alpha value is -0.800. The molecule has 0 aromatic heterocycles. The van der Waals surface area contributed by atoms with Gasteiger partial charge >= 0.3 is 0 Å². The second kappa shape index (κ2) is 6.88. The van der Waals surface area contributed by atoms with Crippen molar-refractivity contribution in [2.24, 2.45) is 5.92 Å². The molecule has 0 amide bonds. The summed E-state index contributed by atoms with van der Waals surface area (Å²) in [5.74, 6) is 0.658. The van der Waals surface area contributed by atoms with Crippen LogP contribution in [0.25, 0.3) is 0 Å². The van der Waals surface area contributed by atoms with Crippen LogP contribution in [0.15, 0.2) is 0 Å². The maximum absolute atomic E-state index is 9.75. The van der Waals surface area contributed by atoms with Crippen molar-refractivity contribution in [2.45, 2.75) is 39.5 Å². The van der Waals surface area contributed by atoms with Crippen molar-refractivity contribution in [2.75, 3.05) is 6.61 Å². The van der Waals surface area contributed by atoms with Gasteiger partial charge in [0, 0.05) is 0 Å². The molecule has 1 atom stereocenters. The smallest absolute Gasteiger partial charge is 0.294 e. The molecule has 0 bridgehead atoms. The molecule has 0 fully saturated rings. The molecule has 4 nitrogen and oxygen atoms in total. The molecule has 0 aromatic rings. The maximum atomic E-state index is 9.75. The molecule has 0 saturated heterocycles. The van der Waals surface area contributed by atoms with Crippen LogP contribution in [-0.4, -0.2) is 11.7 Å². The Balaban J connectivity index is 3.13. The molecule has 4 heteroatoms. The lowest BCUT2D eigenvalue weighted by Crippen LogP contribution is -2.04. The van der Waals surface area contributed by atoms with Gasteiger partial charge in [-0.15, -0.1) is 10.1 Å². The Morgan fingerprint density at radius 2 is 2.17 bits per heavy atom. The monoisotopic (exact) mass is 175 g/mol. The first-order chi connectivity index (χ1) is 5.66. The summed E-state index contributed by atoms with van der Waals surface area (Å²) in [7, 11) is 0. The third-order valence-corrected chi connectivity index (χ3v) is 1.82. The van der Waals surface area contributed by atoms with Crippen molar-refractivity contribution in [3.05, 3.63) is 10.1 Å². The predicted molar refractivity (Wildman–Crippen MR) is 46.3 cm³/mol. The second-order valence-corrected chi connectivity index (χ2v) is 3.09. The van der Waals surface area contributed by atoms with Crippen molar-refractivity contribution in [3.63, 3.8) is 0 Å². The molecule has 0 saturated carbocycles. The molecule has 0 N–H and O–H groups in total. The number of hydrogen-bond acceptors (Lipinski definition) is 3. The van der Waals surface area contributed by atoms with Gasteiger partial charge in [0.05, 0.1) is 6.61 Å². The Labute approximate surface area is 73.0 Å². The third-order valence-electron chi connectivity index (χ3n) is 1.82. The highest BCUT2D eigenvalue weighted by Gasteiger charge is 2.01. The fraction of sp³-hybridized carbons (Fsp3) is 1.00. The van der Waals surface area contributed by atoms with Crippen LogP contribution in [0.5, 0.6) is 0 Å². The minimum atomic E-state index is -0.732. The standard InChI is InChI=1S/C8H17NO3/c1-3-5-8(2)6-4-7-12-9(10)11/h8H,3-7H2,1-2H3. The summed E-state index contributed by atoms with van der Waals surface area (Å²) >= 11 is 0. The van der Waals surface area contributed by atoms with E-state index in [4.69, 9.17) is 0 Å². The van der Waals surface area contributed by atoms with Gasteiger partial charge in [0.2, 0.25) is 0 Å². The van der Waals surface area contributed by atoms with Crippen molar-refractivity contribution in [1.29, 1.82) is 0 Å². The average molecular weight is 175 g/mol. The van der Waals surface area contributed by atoms with Crippen LogP contribution in [0, 0.1) is 16.0 Å². The van der Waals surface area contributed by atoms with E-state index >= 15 is 0 Å². The Bertz CT molecular complexity index is 127. The number of rotatable bonds is 7. The molecule has 0 aliphatic carbocycles. The van der Waals surface area contributed by atoms with Crippen LogP contribution in [0.3, 0.4) is 0 Å². The molecule has 0 rings (SSSR count). The van der Waals surface area contributed by atoms with E-state index < -0.39 is 5.09 Å². The van der Waals surface area contributed by atoms with Crippen molar-refractivity contribution < 1.29 is 9.92 Å². The van der Waals surface area contributed by atoms with E-state index in [1.165, 1.54) is 12.8 Å². The van der Waals surface area contributed by atoms with E-state index in [1.54, 1.807) is 0 Å². The lowest BCUT2D eigenvalue weighted by Gasteiger charge is -2.08. The highest BCUT2D eigenvalue weighted by atomic mass is 16.9. The van der Waals surface area contributed by atoms with Crippen LogP contribution in [0.1, 0.15) is 39.5 Å². The first-order valence-corrected chi connectivity index (χ1v) is 4.44. The van der Waals surface area contributed by atoms with Gasteiger partial charge in [-0.1, -0.05) is 26.7 Å². The zero-order valence-corrected chi connectivity index (χ0v) is 7.78. The molecule has 72 valence electrons. The van der Waals surface area contributed by atoms with Crippen molar-refractivity contribution in [3.8, 4) is 0 Å². The minimum Gasteiger partial charge on any atom is -0.314 e. The van der Waals surface area contributed by atoms with Gasteiger partial charge in [0.25, 0.3) is 5.09 Å². The van der Waals surface area contributed by atoms with Gasteiger partial charge in [0.15, 0.2) is 0 Å². The number of hydrogen-bond donors (Lipinski definition) is 0. The zero-order valence-electron chi connectivity index (χ0n) is 7.78. The Morgan fingerprint density at radius 1 is 1.50 bits per heavy atom. The quantitative estimate of drug-likeness (QED) is 0.339. The lowest BCUT2D eigenvalue weighted by molar-refractivity contribution is -0.757. The van der Waals surface area contributed by atoms with Crippen molar-refractivity contribution in [1.82, 2.24) is 0 Å². The van der Waals surface area contributed by atoms with Crippen LogP contribution < -0.4 is 0 Å². The summed E-state index contributed by atoms with van der Waals surface area (Å²) in [6, 6.07) is 0. The van der Waals surface area contributed by atoms with E-state index in [1.807, 2.05) is 0 Å². The SMILES string of the molecule is CCCC(C)CCCO[N+](=O)[O-]. The van der Waals surface area contributed by atoms with Gasteiger partial charge in [0.1, 0.15) is 0 Å². The van der Waals surface area contributed by atoms with E-state index in [9.17, 15) is 10.1 Å². The third kappa shape index (κ3) is 7.31. The van der Waals surface area contributed by atoms with Gasteiger partial charge in [-0.25, -0.2) is 0 Å². The largest absolute Gasteiger partial charge is 0.314 e. The zero-order chi connectivity index (χ0) is 9.40. The van der Waals surface area contributed by atoms with E-state index in [0.717, 1.165) is 12.8 Å². The molecular formula is C8H17NO3. The molecular weight excluding hydrogens is 158 g/mol. The molecule has 0 heterocycles. The minimum absolute atomic E-state index is 0.237. The highest BCUT2D eigenvalue weighted by molar-refractivity contribution is 4.51. The normalized spacial score (nSPS) is 12.5. The van der Waals surface area contributed by atoms with Gasteiger partial charge in [-0.3, -0.25) is 0 Å². The van der Waals surface area contributed by atoms with Crippen LogP contribution in [0.4, 0.5) is 0 Å². The topological polar surface area (TPSA) is 52.4 Å². The van der Waals surface area contributed by atoms with E-state index in [2.05, 4.69) is 18.7 Å². The molecule has 0 spiro atoms. The first kappa shape index (κ1) is 11.2. The van der Waals surface area contributed by atoms with Crippen LogP contribution in [-0.2, 0) is 4.84 Å². The van der Waals surface area contributed by atoms with E-state index in [-0.39, 0.29) is 6.61 Å². The molecule has 1 unspecified atom stereocenters. The fourth-order valence-electron chi connectivity index (χ4n) is 1.21. The lowest BCUT2D eigenvalue weighted by atomic mass is 10.0. The molecule has 12 heavy (non-hydrogen) atoms. The van der Waals surface area contributed by atoms with E-state index in [0.29, 0.717) is 5.92 Å². The van der Waals surface area contributed by atoms with Gasteiger partial charge < -0.3 is 4.84 Å². The summed E-state index contributed by atoms with van der Waals surface area (Å²) in [5, 5.41) is 9.02. The summed E-state index contributed by atoms with van der Waals surface area (Å²) in [4.78, 5) is 13.9.